The Labute approximate surface area is 123 Å². The molecule has 0 bridgehead atoms. The van der Waals surface area contributed by atoms with E-state index in [1.54, 1.807) is 12.1 Å². The van der Waals surface area contributed by atoms with Gasteiger partial charge in [0, 0.05) is 31.6 Å². The van der Waals surface area contributed by atoms with Crippen LogP contribution in [0.5, 0.6) is 5.75 Å². The first-order valence-corrected chi connectivity index (χ1v) is 7.28. The van der Waals surface area contributed by atoms with Crippen LogP contribution in [0.4, 0.5) is 0 Å². The molecular formula is C17H19NO3. The second-order valence-corrected chi connectivity index (χ2v) is 5.37. The summed E-state index contributed by atoms with van der Waals surface area (Å²) < 4.78 is 5.30. The van der Waals surface area contributed by atoms with Crippen LogP contribution in [-0.2, 0) is 4.74 Å². The highest BCUT2D eigenvalue weighted by Crippen LogP contribution is 2.21. The summed E-state index contributed by atoms with van der Waals surface area (Å²) >= 11 is 0. The lowest BCUT2D eigenvalue weighted by molar-refractivity contribution is 0.0370. The average Bonchev–Trinajstić information content (AvgIpc) is 2.53. The number of nitrogens with zero attached hydrogens (tertiary/aromatic N) is 1. The van der Waals surface area contributed by atoms with Crippen LogP contribution in [-0.4, -0.2) is 48.6 Å². The summed E-state index contributed by atoms with van der Waals surface area (Å²) in [6.07, 6.45) is 0.531. The Kier molecular flexibility index (Phi) is 4.18. The first kappa shape index (κ1) is 14.0. The Hall–Kier alpha value is -1.91. The zero-order valence-corrected chi connectivity index (χ0v) is 11.9. The lowest BCUT2D eigenvalue weighted by atomic mass is 10.0. The van der Waals surface area contributed by atoms with Crippen LogP contribution in [0.3, 0.4) is 0 Å². The van der Waals surface area contributed by atoms with E-state index in [1.807, 2.05) is 24.3 Å². The monoisotopic (exact) mass is 285 g/mol. The summed E-state index contributed by atoms with van der Waals surface area (Å²) in [4.78, 5) is 14.6. The molecule has 0 aliphatic carbocycles. The third-order valence-corrected chi connectivity index (χ3v) is 3.90. The van der Waals surface area contributed by atoms with Gasteiger partial charge in [0.05, 0.1) is 13.2 Å². The number of phenols is 1. The lowest BCUT2D eigenvalue weighted by Crippen LogP contribution is -2.37. The van der Waals surface area contributed by atoms with E-state index in [2.05, 4.69) is 4.90 Å². The molecule has 4 nitrogen and oxygen atoms in total. The Balaban J connectivity index is 1.67. The Morgan fingerprint density at radius 3 is 2.62 bits per heavy atom. The molecule has 0 radical (unpaired) electrons. The second-order valence-electron chi connectivity index (χ2n) is 5.37. The van der Waals surface area contributed by atoms with Crippen molar-refractivity contribution in [3.63, 3.8) is 0 Å². The van der Waals surface area contributed by atoms with E-state index in [4.69, 9.17) is 4.74 Å². The van der Waals surface area contributed by atoms with Crippen molar-refractivity contribution in [1.82, 2.24) is 4.90 Å². The molecule has 1 saturated heterocycles. The zero-order valence-electron chi connectivity index (χ0n) is 11.9. The van der Waals surface area contributed by atoms with Gasteiger partial charge in [-0.15, -0.1) is 0 Å². The molecule has 1 aliphatic rings. The van der Waals surface area contributed by atoms with Gasteiger partial charge in [0.2, 0.25) is 0 Å². The summed E-state index contributed by atoms with van der Waals surface area (Å²) in [6, 6.07) is 10.8. The number of ketones is 1. The van der Waals surface area contributed by atoms with Crippen molar-refractivity contribution in [3.8, 4) is 5.75 Å². The zero-order chi connectivity index (χ0) is 14.7. The molecule has 0 amide bonds. The number of carbonyl (C=O) groups excluding carboxylic acids is 1. The minimum Gasteiger partial charge on any atom is -0.508 e. The van der Waals surface area contributed by atoms with Crippen LogP contribution < -0.4 is 0 Å². The number of hydrogen-bond acceptors (Lipinski definition) is 4. The molecule has 3 rings (SSSR count). The first-order chi connectivity index (χ1) is 10.2. The van der Waals surface area contributed by atoms with Crippen LogP contribution >= 0.6 is 0 Å². The molecule has 1 aliphatic heterocycles. The Morgan fingerprint density at radius 1 is 1.10 bits per heavy atom. The van der Waals surface area contributed by atoms with Crippen LogP contribution in [0, 0.1) is 0 Å². The molecule has 0 spiro atoms. The van der Waals surface area contributed by atoms with Gasteiger partial charge in [-0.1, -0.05) is 18.2 Å². The number of morpholine rings is 1. The van der Waals surface area contributed by atoms with Crippen LogP contribution in [0.15, 0.2) is 36.4 Å². The maximum absolute atomic E-state index is 12.3. The standard InChI is InChI=1S/C17H19NO3/c19-16-4-3-13-11-15(2-1-14(13)12-16)17(20)5-6-18-7-9-21-10-8-18/h1-4,11-12,19H,5-10H2. The van der Waals surface area contributed by atoms with Gasteiger partial charge in [0.15, 0.2) is 5.78 Å². The summed E-state index contributed by atoms with van der Waals surface area (Å²) in [5.74, 6) is 0.408. The van der Waals surface area contributed by atoms with Gasteiger partial charge in [0.1, 0.15) is 5.75 Å². The fourth-order valence-corrected chi connectivity index (χ4v) is 2.64. The molecule has 2 aromatic carbocycles. The molecule has 4 heteroatoms. The van der Waals surface area contributed by atoms with Gasteiger partial charge in [0.25, 0.3) is 0 Å². The second kappa shape index (κ2) is 6.24. The van der Waals surface area contributed by atoms with Crippen molar-refractivity contribution < 1.29 is 14.6 Å². The SMILES string of the molecule is O=C(CCN1CCOCC1)c1ccc2cc(O)ccc2c1. The van der Waals surface area contributed by atoms with Crippen molar-refractivity contribution in [1.29, 1.82) is 0 Å². The van der Waals surface area contributed by atoms with Crippen molar-refractivity contribution >= 4 is 16.6 Å². The largest absolute Gasteiger partial charge is 0.508 e. The number of phenolic OH excluding ortho intramolecular Hbond substituents is 1. The molecule has 21 heavy (non-hydrogen) atoms. The van der Waals surface area contributed by atoms with Gasteiger partial charge in [-0.25, -0.2) is 0 Å². The number of aromatic hydroxyl groups is 1. The minimum absolute atomic E-state index is 0.163. The summed E-state index contributed by atoms with van der Waals surface area (Å²) in [7, 11) is 0. The fraction of sp³-hybridized carbons (Fsp3) is 0.353. The number of rotatable bonds is 4. The van der Waals surface area contributed by atoms with E-state index in [1.165, 1.54) is 0 Å². The topological polar surface area (TPSA) is 49.8 Å². The maximum Gasteiger partial charge on any atom is 0.164 e. The minimum atomic E-state index is 0.163. The van der Waals surface area contributed by atoms with Crippen molar-refractivity contribution in [3.05, 3.63) is 42.0 Å². The van der Waals surface area contributed by atoms with Crippen molar-refractivity contribution in [2.45, 2.75) is 6.42 Å². The number of benzene rings is 2. The van der Waals surface area contributed by atoms with Crippen LogP contribution in [0.1, 0.15) is 16.8 Å². The quantitative estimate of drug-likeness (QED) is 0.877. The Bertz CT molecular complexity index is 648. The van der Waals surface area contributed by atoms with Gasteiger partial charge in [-0.05, 0) is 29.0 Å². The summed E-state index contributed by atoms with van der Waals surface area (Å²) in [5, 5.41) is 11.4. The van der Waals surface area contributed by atoms with Crippen LogP contribution in [0.25, 0.3) is 10.8 Å². The van der Waals surface area contributed by atoms with Gasteiger partial charge in [-0.2, -0.15) is 0 Å². The third kappa shape index (κ3) is 3.40. The first-order valence-electron chi connectivity index (χ1n) is 7.28. The van der Waals surface area contributed by atoms with Crippen LogP contribution in [0.2, 0.25) is 0 Å². The van der Waals surface area contributed by atoms with E-state index in [-0.39, 0.29) is 11.5 Å². The number of fused-ring (bicyclic) bond motifs is 1. The number of hydrogen-bond donors (Lipinski definition) is 1. The molecule has 2 aromatic rings. The normalized spacial score (nSPS) is 16.2. The van der Waals surface area contributed by atoms with Gasteiger partial charge < -0.3 is 9.84 Å². The molecule has 0 atom stereocenters. The third-order valence-electron chi connectivity index (χ3n) is 3.90. The van der Waals surface area contributed by atoms with E-state index in [9.17, 15) is 9.90 Å². The number of ether oxygens (including phenoxy) is 1. The molecule has 0 unspecified atom stereocenters. The van der Waals surface area contributed by atoms with Crippen molar-refractivity contribution in [2.75, 3.05) is 32.8 Å². The molecule has 1 heterocycles. The van der Waals surface area contributed by atoms with E-state index < -0.39 is 0 Å². The van der Waals surface area contributed by atoms with E-state index in [0.717, 1.165) is 49.2 Å². The molecule has 1 N–H and O–H groups in total. The molecule has 1 fully saturated rings. The smallest absolute Gasteiger partial charge is 0.164 e. The van der Waals surface area contributed by atoms with Crippen molar-refractivity contribution in [2.24, 2.45) is 0 Å². The number of Topliss-reactive ketones (excluding diaryl/α,β-unsaturated/α-hetero) is 1. The highest BCUT2D eigenvalue weighted by Gasteiger charge is 2.13. The summed E-state index contributed by atoms with van der Waals surface area (Å²) in [5.41, 5.74) is 0.737. The average molecular weight is 285 g/mol. The predicted molar refractivity (Wildman–Crippen MR) is 81.8 cm³/mol. The lowest BCUT2D eigenvalue weighted by Gasteiger charge is -2.26. The molecule has 110 valence electrons. The molecular weight excluding hydrogens is 266 g/mol. The molecule has 0 aromatic heterocycles. The predicted octanol–water partition coefficient (Wildman–Crippen LogP) is 2.45. The summed E-state index contributed by atoms with van der Waals surface area (Å²) in [6.45, 7) is 4.12. The number of carbonyl (C=O) groups is 1. The highest BCUT2D eigenvalue weighted by atomic mass is 16.5. The maximum atomic E-state index is 12.3. The molecule has 0 saturated carbocycles. The van der Waals surface area contributed by atoms with Gasteiger partial charge in [-0.3, -0.25) is 9.69 Å². The fourth-order valence-electron chi connectivity index (χ4n) is 2.64. The highest BCUT2D eigenvalue weighted by molar-refractivity contribution is 6.00. The van der Waals surface area contributed by atoms with E-state index >= 15 is 0 Å². The van der Waals surface area contributed by atoms with Gasteiger partial charge >= 0.3 is 0 Å². The van der Waals surface area contributed by atoms with E-state index in [0.29, 0.717) is 6.42 Å². The Morgan fingerprint density at radius 2 is 1.81 bits per heavy atom.